The van der Waals surface area contributed by atoms with Crippen molar-refractivity contribution in [3.63, 3.8) is 0 Å². The Labute approximate surface area is 103 Å². The molecule has 90 valence electrons. The van der Waals surface area contributed by atoms with Gasteiger partial charge in [0.15, 0.2) is 0 Å². The van der Waals surface area contributed by atoms with Crippen LogP contribution in [0.4, 0.5) is 0 Å². The van der Waals surface area contributed by atoms with Gasteiger partial charge in [-0.3, -0.25) is 0 Å². The van der Waals surface area contributed by atoms with E-state index in [0.29, 0.717) is 11.3 Å². The van der Waals surface area contributed by atoms with Crippen molar-refractivity contribution in [2.75, 3.05) is 7.05 Å². The molecule has 1 aromatic heterocycles. The molecular weight excluding hydrogens is 216 g/mol. The van der Waals surface area contributed by atoms with Crippen LogP contribution in [0.15, 0.2) is 17.2 Å². The first-order chi connectivity index (χ1) is 7.56. The molecule has 0 radical (unpaired) electrons. The van der Waals surface area contributed by atoms with Gasteiger partial charge < -0.3 is 5.32 Å². The minimum atomic E-state index is 0.545. The lowest BCUT2D eigenvalue weighted by Crippen LogP contribution is -2.33. The van der Waals surface area contributed by atoms with E-state index in [9.17, 15) is 0 Å². The van der Waals surface area contributed by atoms with Gasteiger partial charge in [-0.2, -0.15) is 0 Å². The van der Waals surface area contributed by atoms with Crippen molar-refractivity contribution in [1.29, 1.82) is 0 Å². The predicted molar refractivity (Wildman–Crippen MR) is 72.2 cm³/mol. The predicted octanol–water partition coefficient (Wildman–Crippen LogP) is 3.18. The van der Waals surface area contributed by atoms with Crippen LogP contribution in [0.1, 0.15) is 31.5 Å². The first-order valence-corrected chi connectivity index (χ1v) is 6.74. The van der Waals surface area contributed by atoms with Crippen molar-refractivity contribution in [3.8, 4) is 0 Å². The molecule has 0 saturated heterocycles. The molecule has 0 spiro atoms. The SMILES string of the molecule is CCC(NC)C(C)Sc1cc(C)cc(C)n1. The lowest BCUT2D eigenvalue weighted by atomic mass is 10.2. The van der Waals surface area contributed by atoms with Crippen LogP contribution in [0, 0.1) is 13.8 Å². The molecule has 16 heavy (non-hydrogen) atoms. The van der Waals surface area contributed by atoms with Gasteiger partial charge in [0.25, 0.3) is 0 Å². The van der Waals surface area contributed by atoms with Crippen LogP contribution in [-0.4, -0.2) is 23.3 Å². The van der Waals surface area contributed by atoms with Gasteiger partial charge in [0, 0.05) is 17.0 Å². The number of nitrogens with one attached hydrogen (secondary N) is 1. The zero-order valence-corrected chi connectivity index (χ0v) is 11.7. The van der Waals surface area contributed by atoms with Crippen molar-refractivity contribution >= 4 is 11.8 Å². The lowest BCUT2D eigenvalue weighted by molar-refractivity contribution is 0.541. The zero-order chi connectivity index (χ0) is 12.1. The van der Waals surface area contributed by atoms with E-state index in [1.165, 1.54) is 5.56 Å². The van der Waals surface area contributed by atoms with Crippen LogP contribution in [-0.2, 0) is 0 Å². The summed E-state index contributed by atoms with van der Waals surface area (Å²) in [5.74, 6) is 0. The van der Waals surface area contributed by atoms with Crippen LogP contribution in [0.3, 0.4) is 0 Å². The van der Waals surface area contributed by atoms with E-state index in [1.54, 1.807) is 0 Å². The fraction of sp³-hybridized carbons (Fsp3) is 0.615. The molecule has 0 aliphatic rings. The van der Waals surface area contributed by atoms with Crippen LogP contribution in [0.2, 0.25) is 0 Å². The second-order valence-electron chi connectivity index (χ2n) is 4.25. The minimum absolute atomic E-state index is 0.545. The third-order valence-corrected chi connectivity index (χ3v) is 3.91. The highest BCUT2D eigenvalue weighted by atomic mass is 32.2. The molecule has 0 bridgehead atoms. The molecule has 1 aromatic rings. The Morgan fingerprint density at radius 3 is 2.56 bits per heavy atom. The normalized spacial score (nSPS) is 14.8. The van der Waals surface area contributed by atoms with E-state index >= 15 is 0 Å². The first kappa shape index (κ1) is 13.5. The van der Waals surface area contributed by atoms with E-state index in [0.717, 1.165) is 17.1 Å². The Bertz CT molecular complexity index is 314. The van der Waals surface area contributed by atoms with Crippen molar-refractivity contribution in [2.24, 2.45) is 0 Å². The van der Waals surface area contributed by atoms with E-state index in [2.05, 4.69) is 50.1 Å². The summed E-state index contributed by atoms with van der Waals surface area (Å²) in [5.41, 5.74) is 2.40. The Morgan fingerprint density at radius 2 is 2.06 bits per heavy atom. The molecule has 0 fully saturated rings. The molecule has 0 amide bonds. The van der Waals surface area contributed by atoms with E-state index < -0.39 is 0 Å². The smallest absolute Gasteiger partial charge is 0.0968 e. The maximum atomic E-state index is 4.56. The van der Waals surface area contributed by atoms with Crippen molar-refractivity contribution < 1.29 is 0 Å². The molecule has 2 unspecified atom stereocenters. The number of pyridine rings is 1. The van der Waals surface area contributed by atoms with Gasteiger partial charge >= 0.3 is 0 Å². The van der Waals surface area contributed by atoms with Gasteiger partial charge in [0.05, 0.1) is 5.03 Å². The second kappa shape index (κ2) is 6.26. The highest BCUT2D eigenvalue weighted by Gasteiger charge is 2.15. The molecule has 0 aliphatic carbocycles. The van der Waals surface area contributed by atoms with Gasteiger partial charge in [0.1, 0.15) is 0 Å². The molecule has 2 atom stereocenters. The number of thioether (sulfide) groups is 1. The van der Waals surface area contributed by atoms with E-state index in [1.807, 2.05) is 18.8 Å². The van der Waals surface area contributed by atoms with E-state index in [4.69, 9.17) is 0 Å². The van der Waals surface area contributed by atoms with Crippen LogP contribution in [0.25, 0.3) is 0 Å². The number of aromatic nitrogens is 1. The summed E-state index contributed by atoms with van der Waals surface area (Å²) in [6, 6.07) is 4.83. The summed E-state index contributed by atoms with van der Waals surface area (Å²) in [6.07, 6.45) is 1.15. The largest absolute Gasteiger partial charge is 0.316 e. The Kier molecular flexibility index (Phi) is 5.29. The Morgan fingerprint density at radius 1 is 1.38 bits per heavy atom. The van der Waals surface area contributed by atoms with Crippen molar-refractivity contribution in [1.82, 2.24) is 10.3 Å². The summed E-state index contributed by atoms with van der Waals surface area (Å²) < 4.78 is 0. The third-order valence-electron chi connectivity index (χ3n) is 2.76. The highest BCUT2D eigenvalue weighted by Crippen LogP contribution is 2.25. The zero-order valence-electron chi connectivity index (χ0n) is 10.9. The monoisotopic (exact) mass is 238 g/mol. The highest BCUT2D eigenvalue weighted by molar-refractivity contribution is 7.99. The molecular formula is C13H22N2S. The summed E-state index contributed by atoms with van der Waals surface area (Å²) in [4.78, 5) is 4.56. The van der Waals surface area contributed by atoms with Crippen molar-refractivity contribution in [3.05, 3.63) is 23.4 Å². The summed E-state index contributed by atoms with van der Waals surface area (Å²) in [7, 11) is 2.03. The topological polar surface area (TPSA) is 24.9 Å². The standard InChI is InChI=1S/C13H22N2S/c1-6-12(14-5)11(4)16-13-8-9(2)7-10(3)15-13/h7-8,11-12,14H,6H2,1-5H3. The number of hydrogen-bond donors (Lipinski definition) is 1. The number of nitrogens with zero attached hydrogens (tertiary/aromatic N) is 1. The molecule has 0 aromatic carbocycles. The molecule has 1 rings (SSSR count). The summed E-state index contributed by atoms with van der Waals surface area (Å²) in [6.45, 7) is 8.65. The van der Waals surface area contributed by atoms with Crippen molar-refractivity contribution in [2.45, 2.75) is 50.4 Å². The molecule has 3 heteroatoms. The average molecular weight is 238 g/mol. The minimum Gasteiger partial charge on any atom is -0.316 e. The van der Waals surface area contributed by atoms with Crippen LogP contribution in [0.5, 0.6) is 0 Å². The summed E-state index contributed by atoms with van der Waals surface area (Å²) in [5, 5.41) is 5.04. The first-order valence-electron chi connectivity index (χ1n) is 5.86. The molecule has 1 N–H and O–H groups in total. The third kappa shape index (κ3) is 3.80. The van der Waals surface area contributed by atoms with Gasteiger partial charge in [-0.1, -0.05) is 13.8 Å². The van der Waals surface area contributed by atoms with E-state index in [-0.39, 0.29) is 0 Å². The second-order valence-corrected chi connectivity index (χ2v) is 5.65. The molecule has 0 aliphatic heterocycles. The Hall–Kier alpha value is -0.540. The summed E-state index contributed by atoms with van der Waals surface area (Å²) >= 11 is 1.86. The molecule has 1 heterocycles. The molecule has 0 saturated carbocycles. The van der Waals surface area contributed by atoms with Gasteiger partial charge in [0.2, 0.25) is 0 Å². The number of rotatable bonds is 5. The Balaban J connectivity index is 2.72. The fourth-order valence-corrected chi connectivity index (χ4v) is 3.23. The lowest BCUT2D eigenvalue weighted by Gasteiger charge is -2.21. The van der Waals surface area contributed by atoms with Gasteiger partial charge in [-0.05, 0) is 45.0 Å². The van der Waals surface area contributed by atoms with Crippen LogP contribution < -0.4 is 5.32 Å². The quantitative estimate of drug-likeness (QED) is 0.798. The van der Waals surface area contributed by atoms with Crippen LogP contribution >= 0.6 is 11.8 Å². The average Bonchev–Trinajstić information content (AvgIpc) is 2.17. The van der Waals surface area contributed by atoms with Gasteiger partial charge in [-0.15, -0.1) is 11.8 Å². The number of aryl methyl sites for hydroxylation is 2. The van der Waals surface area contributed by atoms with Gasteiger partial charge in [-0.25, -0.2) is 4.98 Å². The number of hydrogen-bond acceptors (Lipinski definition) is 3. The fourth-order valence-electron chi connectivity index (χ4n) is 1.91. The maximum Gasteiger partial charge on any atom is 0.0968 e. The maximum absolute atomic E-state index is 4.56. The molecule has 2 nitrogen and oxygen atoms in total.